The van der Waals surface area contributed by atoms with Crippen LogP contribution >= 0.6 is 11.8 Å². The molecule has 0 aromatic heterocycles. The summed E-state index contributed by atoms with van der Waals surface area (Å²) < 4.78 is 5.26. The molecule has 0 unspecified atom stereocenters. The van der Waals surface area contributed by atoms with E-state index in [1.54, 1.807) is 19.1 Å². The average Bonchev–Trinajstić information content (AvgIpc) is 2.82. The molecule has 1 aromatic rings. The van der Waals surface area contributed by atoms with Crippen LogP contribution in [0, 0.1) is 0 Å². The van der Waals surface area contributed by atoms with Crippen molar-refractivity contribution in [2.24, 2.45) is 10.2 Å². The van der Waals surface area contributed by atoms with Gasteiger partial charge in [-0.05, 0) is 30.7 Å². The summed E-state index contributed by atoms with van der Waals surface area (Å²) in [4.78, 5) is 22.2. The number of nitrogens with zero attached hydrogens (tertiary/aromatic N) is 2. The number of carboxylic acids is 1. The summed E-state index contributed by atoms with van der Waals surface area (Å²) in [5, 5.41) is 28.0. The van der Waals surface area contributed by atoms with E-state index in [0.29, 0.717) is 17.9 Å². The molecule has 1 heterocycles. The fourth-order valence-electron chi connectivity index (χ4n) is 1.78. The molecule has 1 aliphatic rings. The van der Waals surface area contributed by atoms with Gasteiger partial charge in [-0.2, -0.15) is 5.10 Å². The van der Waals surface area contributed by atoms with E-state index in [1.807, 2.05) is 0 Å². The quantitative estimate of drug-likeness (QED) is 0.529. The van der Waals surface area contributed by atoms with Crippen molar-refractivity contribution in [2.45, 2.75) is 18.6 Å². The van der Waals surface area contributed by atoms with Crippen molar-refractivity contribution in [1.29, 1.82) is 0 Å². The molecule has 0 bridgehead atoms. The average molecular weight is 337 g/mol. The van der Waals surface area contributed by atoms with Crippen LogP contribution in [0.3, 0.4) is 0 Å². The van der Waals surface area contributed by atoms with Crippen molar-refractivity contribution in [3.8, 4) is 11.5 Å². The Labute approximate surface area is 136 Å². The second-order valence-corrected chi connectivity index (χ2v) is 5.69. The summed E-state index contributed by atoms with van der Waals surface area (Å²) in [6, 6.07) is 4.72. The first-order valence-electron chi connectivity index (χ1n) is 6.75. The van der Waals surface area contributed by atoms with Crippen LogP contribution in [0.1, 0.15) is 18.9 Å². The molecule has 0 spiro atoms. The summed E-state index contributed by atoms with van der Waals surface area (Å²) >= 11 is 1.03. The summed E-state index contributed by atoms with van der Waals surface area (Å²) in [5.41, 5.74) is 0.659. The minimum atomic E-state index is -1.05. The van der Waals surface area contributed by atoms with Gasteiger partial charge in [0.2, 0.25) is 5.91 Å². The monoisotopic (exact) mass is 337 g/mol. The largest absolute Gasteiger partial charge is 0.504 e. The number of rotatable bonds is 6. The highest BCUT2D eigenvalue weighted by Crippen LogP contribution is 2.26. The number of amidine groups is 1. The third-order valence-electron chi connectivity index (χ3n) is 2.78. The van der Waals surface area contributed by atoms with Crippen molar-refractivity contribution in [3.63, 3.8) is 0 Å². The van der Waals surface area contributed by atoms with Gasteiger partial charge >= 0.3 is 5.97 Å². The van der Waals surface area contributed by atoms with Crippen molar-refractivity contribution in [2.75, 3.05) is 6.61 Å². The number of carbonyl (C=O) groups excluding carboxylic acids is 1. The van der Waals surface area contributed by atoms with Crippen LogP contribution in [0.15, 0.2) is 28.4 Å². The zero-order valence-corrected chi connectivity index (χ0v) is 13.0. The number of nitrogens with one attached hydrogen (secondary N) is 1. The third kappa shape index (κ3) is 4.71. The second-order valence-electron chi connectivity index (χ2n) is 4.50. The van der Waals surface area contributed by atoms with E-state index in [0.717, 1.165) is 11.8 Å². The van der Waals surface area contributed by atoms with Crippen LogP contribution in [-0.2, 0) is 9.59 Å². The highest BCUT2D eigenvalue weighted by Gasteiger charge is 2.32. The SMILES string of the molecule is CCOc1cc(/C=N/N=C2\NC(=O)[C@@H](CC(=O)O)S2)ccc1O. The number of phenols is 1. The zero-order valence-electron chi connectivity index (χ0n) is 12.2. The second kappa shape index (κ2) is 7.63. The molecule has 0 aliphatic carbocycles. The third-order valence-corrected chi connectivity index (χ3v) is 3.85. The number of carboxylic acid groups (broad SMARTS) is 1. The Kier molecular flexibility index (Phi) is 5.58. The Morgan fingerprint density at radius 2 is 2.30 bits per heavy atom. The molecule has 23 heavy (non-hydrogen) atoms. The first-order valence-corrected chi connectivity index (χ1v) is 7.63. The molecule has 1 aromatic carbocycles. The van der Waals surface area contributed by atoms with Crippen LogP contribution in [-0.4, -0.2) is 45.3 Å². The lowest BCUT2D eigenvalue weighted by molar-refractivity contribution is -0.138. The molecule has 0 radical (unpaired) electrons. The highest BCUT2D eigenvalue weighted by molar-refractivity contribution is 8.15. The minimum Gasteiger partial charge on any atom is -0.504 e. The Balaban J connectivity index is 2.02. The highest BCUT2D eigenvalue weighted by atomic mass is 32.2. The molecule has 122 valence electrons. The number of benzene rings is 1. The topological polar surface area (TPSA) is 121 Å². The number of carbonyl (C=O) groups is 2. The molecular formula is C14H15N3O5S. The van der Waals surface area contributed by atoms with Crippen molar-refractivity contribution in [1.82, 2.24) is 5.32 Å². The molecule has 1 aliphatic heterocycles. The predicted molar refractivity (Wildman–Crippen MR) is 86.1 cm³/mol. The number of ether oxygens (including phenoxy) is 1. The first-order chi connectivity index (χ1) is 11.0. The van der Waals surface area contributed by atoms with Gasteiger partial charge in [-0.25, -0.2) is 0 Å². The maximum absolute atomic E-state index is 11.5. The fraction of sp³-hybridized carbons (Fsp3) is 0.286. The molecule has 1 amide bonds. The van der Waals surface area contributed by atoms with Crippen molar-refractivity contribution >= 4 is 35.0 Å². The van der Waals surface area contributed by atoms with E-state index < -0.39 is 17.1 Å². The summed E-state index contributed by atoms with van der Waals surface area (Å²) in [6.07, 6.45) is 1.17. The Morgan fingerprint density at radius 1 is 1.52 bits per heavy atom. The predicted octanol–water partition coefficient (Wildman–Crippen LogP) is 1.19. The normalized spacial score (nSPS) is 19.3. The lowest BCUT2D eigenvalue weighted by atomic mass is 10.2. The number of hydrogen-bond donors (Lipinski definition) is 3. The standard InChI is InChI=1S/C14H15N3O5S/c1-2-22-10-5-8(3-4-9(10)18)7-15-17-14-16-13(21)11(23-14)6-12(19)20/h3-5,7,11,18H,2,6H2,1H3,(H,19,20)(H,16,17,21)/b15-7+/t11-/m1/s1. The van der Waals surface area contributed by atoms with Gasteiger partial charge in [-0.3, -0.25) is 9.59 Å². The summed E-state index contributed by atoms with van der Waals surface area (Å²) in [6.45, 7) is 2.23. The van der Waals surface area contributed by atoms with Gasteiger partial charge in [-0.1, -0.05) is 11.8 Å². The maximum atomic E-state index is 11.5. The molecule has 9 heteroatoms. The van der Waals surface area contributed by atoms with E-state index >= 15 is 0 Å². The van der Waals surface area contributed by atoms with Gasteiger partial charge in [0, 0.05) is 0 Å². The Morgan fingerprint density at radius 3 is 3.00 bits per heavy atom. The lowest BCUT2D eigenvalue weighted by Gasteiger charge is -2.05. The minimum absolute atomic E-state index is 0.0328. The van der Waals surface area contributed by atoms with Gasteiger partial charge < -0.3 is 20.3 Å². The number of aromatic hydroxyl groups is 1. The van der Waals surface area contributed by atoms with Gasteiger partial charge in [0.1, 0.15) is 5.25 Å². The summed E-state index contributed by atoms with van der Waals surface area (Å²) in [5.74, 6) is -1.07. The number of aliphatic carboxylic acids is 1. The van der Waals surface area contributed by atoms with Crippen LogP contribution in [0.25, 0.3) is 0 Å². The van der Waals surface area contributed by atoms with Crippen molar-refractivity contribution < 1.29 is 24.5 Å². The van der Waals surface area contributed by atoms with Gasteiger partial charge in [0.15, 0.2) is 16.7 Å². The molecule has 0 saturated carbocycles. The zero-order chi connectivity index (χ0) is 16.8. The smallest absolute Gasteiger partial charge is 0.305 e. The molecule has 1 atom stereocenters. The van der Waals surface area contributed by atoms with Crippen LogP contribution in [0.4, 0.5) is 0 Å². The van der Waals surface area contributed by atoms with Crippen LogP contribution in [0.5, 0.6) is 11.5 Å². The molecule has 3 N–H and O–H groups in total. The van der Waals surface area contributed by atoms with E-state index in [9.17, 15) is 14.7 Å². The number of phenolic OH excluding ortho intramolecular Hbond substituents is 1. The maximum Gasteiger partial charge on any atom is 0.305 e. The molecule has 2 rings (SSSR count). The van der Waals surface area contributed by atoms with Gasteiger partial charge in [-0.15, -0.1) is 5.10 Å². The number of thioether (sulfide) groups is 1. The lowest BCUT2D eigenvalue weighted by Crippen LogP contribution is -2.26. The van der Waals surface area contributed by atoms with Gasteiger partial charge in [0.25, 0.3) is 0 Å². The summed E-state index contributed by atoms with van der Waals surface area (Å²) in [7, 11) is 0. The Bertz CT molecular complexity index is 674. The molecule has 1 fully saturated rings. The van der Waals surface area contributed by atoms with E-state index in [2.05, 4.69) is 15.5 Å². The number of amides is 1. The Hall–Kier alpha value is -2.55. The molecule has 1 saturated heterocycles. The van der Waals surface area contributed by atoms with Crippen LogP contribution < -0.4 is 10.1 Å². The van der Waals surface area contributed by atoms with E-state index in [-0.39, 0.29) is 17.3 Å². The first kappa shape index (κ1) is 16.8. The van der Waals surface area contributed by atoms with E-state index in [4.69, 9.17) is 9.84 Å². The van der Waals surface area contributed by atoms with E-state index in [1.165, 1.54) is 12.3 Å². The van der Waals surface area contributed by atoms with Crippen molar-refractivity contribution in [3.05, 3.63) is 23.8 Å². The van der Waals surface area contributed by atoms with Crippen LogP contribution in [0.2, 0.25) is 0 Å². The number of hydrogen-bond acceptors (Lipinski definition) is 7. The fourth-order valence-corrected chi connectivity index (χ4v) is 2.69. The van der Waals surface area contributed by atoms with Gasteiger partial charge in [0.05, 0.1) is 19.2 Å². The molecular weight excluding hydrogens is 322 g/mol. The molecule has 8 nitrogen and oxygen atoms in total.